The van der Waals surface area contributed by atoms with Crippen molar-refractivity contribution in [2.45, 2.75) is 26.8 Å². The topological polar surface area (TPSA) is 104 Å². The Morgan fingerprint density at radius 1 is 0.964 bits per heavy atom. The number of carbonyl (C=O) groups excluding carboxylic acids is 2. The molecular formula is C20H25N3O4S. The highest BCUT2D eigenvalue weighted by Crippen LogP contribution is 2.17. The summed E-state index contributed by atoms with van der Waals surface area (Å²) in [5.74, 6) is -0.858. The number of carbonyl (C=O) groups is 2. The van der Waals surface area contributed by atoms with Gasteiger partial charge in [-0.25, -0.2) is 8.42 Å². The highest BCUT2D eigenvalue weighted by molar-refractivity contribution is 7.92. The number of aryl methyl sites for hydroxylation is 1. The molecule has 28 heavy (non-hydrogen) atoms. The molecule has 150 valence electrons. The van der Waals surface area contributed by atoms with Crippen LogP contribution in [0.15, 0.2) is 48.5 Å². The van der Waals surface area contributed by atoms with Gasteiger partial charge in [0.05, 0.1) is 11.9 Å². The number of anilines is 2. The predicted octanol–water partition coefficient (Wildman–Crippen LogP) is 2.76. The van der Waals surface area contributed by atoms with Crippen molar-refractivity contribution < 1.29 is 18.0 Å². The Bertz CT molecular complexity index is 971. The van der Waals surface area contributed by atoms with E-state index in [9.17, 15) is 18.0 Å². The minimum absolute atomic E-state index is 0.147. The minimum atomic E-state index is -3.42. The summed E-state index contributed by atoms with van der Waals surface area (Å²) in [4.78, 5) is 25.2. The van der Waals surface area contributed by atoms with Crippen LogP contribution < -0.4 is 15.4 Å². The molecule has 0 spiro atoms. The fourth-order valence-electron chi connectivity index (χ4n) is 2.64. The average molecular weight is 404 g/mol. The van der Waals surface area contributed by atoms with Gasteiger partial charge in [0.1, 0.15) is 6.04 Å². The van der Waals surface area contributed by atoms with Crippen LogP contribution in [-0.4, -0.2) is 32.5 Å². The van der Waals surface area contributed by atoms with Crippen molar-refractivity contribution in [1.82, 2.24) is 5.32 Å². The van der Waals surface area contributed by atoms with Crippen LogP contribution in [0.25, 0.3) is 0 Å². The van der Waals surface area contributed by atoms with E-state index < -0.39 is 16.1 Å². The van der Waals surface area contributed by atoms with Crippen LogP contribution in [0.5, 0.6) is 0 Å². The number of hydrogen-bond donors (Lipinski definition) is 3. The van der Waals surface area contributed by atoms with Crippen molar-refractivity contribution in [3.8, 4) is 0 Å². The van der Waals surface area contributed by atoms with E-state index in [1.807, 2.05) is 26.8 Å². The molecule has 0 bridgehead atoms. The molecule has 2 aromatic carbocycles. The summed E-state index contributed by atoms with van der Waals surface area (Å²) in [5.41, 5.74) is 2.20. The zero-order chi connectivity index (χ0) is 20.9. The van der Waals surface area contributed by atoms with Crippen LogP contribution >= 0.6 is 0 Å². The maximum absolute atomic E-state index is 12.7. The van der Waals surface area contributed by atoms with Crippen molar-refractivity contribution in [1.29, 1.82) is 0 Å². The summed E-state index contributed by atoms with van der Waals surface area (Å²) < 4.78 is 25.1. The zero-order valence-electron chi connectivity index (χ0n) is 16.3. The van der Waals surface area contributed by atoms with E-state index in [-0.39, 0.29) is 17.7 Å². The quantitative estimate of drug-likeness (QED) is 0.661. The summed E-state index contributed by atoms with van der Waals surface area (Å²) in [5, 5.41) is 5.50. The molecule has 2 amide bonds. The monoisotopic (exact) mass is 403 g/mol. The number of rotatable bonds is 7. The molecule has 0 fully saturated rings. The third kappa shape index (κ3) is 6.38. The molecule has 7 nitrogen and oxygen atoms in total. The normalized spacial score (nSPS) is 12.3. The van der Waals surface area contributed by atoms with Gasteiger partial charge >= 0.3 is 0 Å². The van der Waals surface area contributed by atoms with E-state index in [1.54, 1.807) is 36.4 Å². The maximum atomic E-state index is 12.7. The van der Waals surface area contributed by atoms with Gasteiger partial charge in [-0.1, -0.05) is 37.6 Å². The molecule has 0 radical (unpaired) electrons. The van der Waals surface area contributed by atoms with E-state index in [4.69, 9.17) is 0 Å². The first-order valence-electron chi connectivity index (χ1n) is 8.81. The van der Waals surface area contributed by atoms with Gasteiger partial charge in [0.15, 0.2) is 0 Å². The van der Waals surface area contributed by atoms with Gasteiger partial charge in [-0.2, -0.15) is 0 Å². The second kappa shape index (κ2) is 8.88. The second-order valence-electron chi connectivity index (χ2n) is 7.01. The molecule has 0 aliphatic heterocycles. The van der Waals surface area contributed by atoms with Crippen molar-refractivity contribution in [3.63, 3.8) is 0 Å². The molecule has 0 aromatic heterocycles. The van der Waals surface area contributed by atoms with Crippen LogP contribution in [0.4, 0.5) is 11.4 Å². The van der Waals surface area contributed by atoms with Gasteiger partial charge < -0.3 is 10.6 Å². The molecular weight excluding hydrogens is 378 g/mol. The SMILES string of the molecule is Cc1cccc(C(=O)NC(C(=O)Nc2cccc(NS(C)(=O)=O)c2)C(C)C)c1. The van der Waals surface area contributed by atoms with Gasteiger partial charge in [-0.05, 0) is 43.2 Å². The Labute approximate surface area is 165 Å². The van der Waals surface area contributed by atoms with E-state index in [0.717, 1.165) is 11.8 Å². The highest BCUT2D eigenvalue weighted by atomic mass is 32.2. The summed E-state index contributed by atoms with van der Waals surface area (Å²) in [7, 11) is -3.42. The molecule has 2 rings (SSSR count). The van der Waals surface area contributed by atoms with Crippen molar-refractivity contribution in [2.24, 2.45) is 5.92 Å². The fourth-order valence-corrected chi connectivity index (χ4v) is 3.20. The number of hydrogen-bond acceptors (Lipinski definition) is 4. The highest BCUT2D eigenvalue weighted by Gasteiger charge is 2.25. The van der Waals surface area contributed by atoms with E-state index in [2.05, 4.69) is 15.4 Å². The molecule has 0 saturated heterocycles. The van der Waals surface area contributed by atoms with Crippen LogP contribution in [-0.2, 0) is 14.8 Å². The Morgan fingerprint density at radius 2 is 1.61 bits per heavy atom. The molecule has 1 atom stereocenters. The van der Waals surface area contributed by atoms with Crippen molar-refractivity contribution in [2.75, 3.05) is 16.3 Å². The molecule has 8 heteroatoms. The molecule has 0 saturated carbocycles. The summed E-state index contributed by atoms with van der Waals surface area (Å²) in [6.45, 7) is 5.56. The lowest BCUT2D eigenvalue weighted by atomic mass is 10.0. The number of nitrogens with one attached hydrogen (secondary N) is 3. The molecule has 2 aromatic rings. The van der Waals surface area contributed by atoms with E-state index >= 15 is 0 Å². The van der Waals surface area contributed by atoms with Gasteiger partial charge in [-0.3, -0.25) is 14.3 Å². The Hall–Kier alpha value is -2.87. The largest absolute Gasteiger partial charge is 0.340 e. The molecule has 0 heterocycles. The molecule has 3 N–H and O–H groups in total. The average Bonchev–Trinajstić information content (AvgIpc) is 2.57. The Kier molecular flexibility index (Phi) is 6.80. The predicted molar refractivity (Wildman–Crippen MR) is 111 cm³/mol. The van der Waals surface area contributed by atoms with E-state index in [1.165, 1.54) is 6.07 Å². The van der Waals surface area contributed by atoms with Gasteiger partial charge in [0.2, 0.25) is 15.9 Å². The van der Waals surface area contributed by atoms with Crippen LogP contribution in [0.3, 0.4) is 0 Å². The first kappa shape index (κ1) is 21.4. The van der Waals surface area contributed by atoms with Gasteiger partial charge in [0, 0.05) is 11.3 Å². The van der Waals surface area contributed by atoms with Gasteiger partial charge in [0.25, 0.3) is 5.91 Å². The van der Waals surface area contributed by atoms with Crippen molar-refractivity contribution in [3.05, 3.63) is 59.7 Å². The number of benzene rings is 2. The standard InChI is InChI=1S/C20H25N3O4S/c1-13(2)18(22-19(24)15-8-5-7-14(3)11-15)20(25)21-16-9-6-10-17(12-16)23-28(4,26)27/h5-13,18,23H,1-4H3,(H,21,25)(H,22,24). The Balaban J connectivity index is 2.13. The lowest BCUT2D eigenvalue weighted by Crippen LogP contribution is -2.47. The smallest absolute Gasteiger partial charge is 0.251 e. The van der Waals surface area contributed by atoms with Crippen molar-refractivity contribution >= 4 is 33.2 Å². The number of amides is 2. The first-order chi connectivity index (χ1) is 13.0. The van der Waals surface area contributed by atoms with Gasteiger partial charge in [-0.15, -0.1) is 0 Å². The third-order valence-electron chi connectivity index (χ3n) is 3.95. The summed E-state index contributed by atoms with van der Waals surface area (Å²) in [6.07, 6.45) is 1.05. The third-order valence-corrected chi connectivity index (χ3v) is 4.56. The Morgan fingerprint density at radius 3 is 2.21 bits per heavy atom. The first-order valence-corrected chi connectivity index (χ1v) is 10.7. The lowest BCUT2D eigenvalue weighted by molar-refractivity contribution is -0.118. The zero-order valence-corrected chi connectivity index (χ0v) is 17.1. The van der Waals surface area contributed by atoms with Crippen LogP contribution in [0.1, 0.15) is 29.8 Å². The molecule has 0 aliphatic rings. The summed E-state index contributed by atoms with van der Waals surface area (Å²) >= 11 is 0. The molecule has 0 aliphatic carbocycles. The fraction of sp³-hybridized carbons (Fsp3) is 0.300. The van der Waals surface area contributed by atoms with E-state index in [0.29, 0.717) is 16.9 Å². The molecule has 1 unspecified atom stereocenters. The lowest BCUT2D eigenvalue weighted by Gasteiger charge is -2.22. The number of sulfonamides is 1. The maximum Gasteiger partial charge on any atom is 0.251 e. The second-order valence-corrected chi connectivity index (χ2v) is 8.76. The minimum Gasteiger partial charge on any atom is -0.340 e. The van der Waals surface area contributed by atoms with Crippen LogP contribution in [0.2, 0.25) is 0 Å². The summed E-state index contributed by atoms with van der Waals surface area (Å²) in [6, 6.07) is 12.7. The van der Waals surface area contributed by atoms with Crippen LogP contribution in [0, 0.1) is 12.8 Å².